The highest BCUT2D eigenvalue weighted by atomic mass is 32.2. The Bertz CT molecular complexity index is 1060. The SMILES string of the molecule is COc1cccc(/C=C2/SC(=NC(C)C)N(C(C)C)C2=O)c1OCC(=O)Nc1ccccc1. The number of methoxy groups -OCH3 is 1. The van der Waals surface area contributed by atoms with Gasteiger partial charge in [0.15, 0.2) is 23.3 Å². The Balaban J connectivity index is 1.86. The monoisotopic (exact) mass is 467 g/mol. The number of aliphatic imine (C=N–C) groups is 1. The molecule has 0 saturated carbocycles. The minimum Gasteiger partial charge on any atom is -0.493 e. The molecule has 1 saturated heterocycles. The number of ether oxygens (including phenoxy) is 2. The van der Waals surface area contributed by atoms with Gasteiger partial charge in [0.2, 0.25) is 0 Å². The summed E-state index contributed by atoms with van der Waals surface area (Å²) in [5, 5.41) is 3.47. The summed E-state index contributed by atoms with van der Waals surface area (Å²) in [6, 6.07) is 14.6. The number of rotatable bonds is 8. The van der Waals surface area contributed by atoms with Crippen molar-refractivity contribution in [2.75, 3.05) is 19.0 Å². The van der Waals surface area contributed by atoms with Crippen LogP contribution in [0.5, 0.6) is 11.5 Å². The fourth-order valence-corrected chi connectivity index (χ4v) is 4.44. The van der Waals surface area contributed by atoms with Crippen LogP contribution in [0.15, 0.2) is 58.4 Å². The number of hydrogen-bond donors (Lipinski definition) is 1. The zero-order chi connectivity index (χ0) is 24.0. The Morgan fingerprint density at radius 2 is 1.85 bits per heavy atom. The summed E-state index contributed by atoms with van der Waals surface area (Å²) in [5.74, 6) is 0.470. The van der Waals surface area contributed by atoms with Crippen LogP contribution in [0.2, 0.25) is 0 Å². The van der Waals surface area contributed by atoms with Gasteiger partial charge in [0.25, 0.3) is 11.8 Å². The van der Waals surface area contributed by atoms with E-state index in [0.717, 1.165) is 0 Å². The van der Waals surface area contributed by atoms with Crippen LogP contribution < -0.4 is 14.8 Å². The number of nitrogens with zero attached hydrogens (tertiary/aromatic N) is 2. The molecule has 0 spiro atoms. The van der Waals surface area contributed by atoms with E-state index in [1.807, 2.05) is 58.0 Å². The van der Waals surface area contributed by atoms with Crippen molar-refractivity contribution in [3.63, 3.8) is 0 Å². The molecule has 1 aliphatic rings. The lowest BCUT2D eigenvalue weighted by Gasteiger charge is -2.20. The second-order valence-corrected chi connectivity index (χ2v) is 8.98. The Hall–Kier alpha value is -3.26. The van der Waals surface area contributed by atoms with Crippen LogP contribution in [0.3, 0.4) is 0 Å². The van der Waals surface area contributed by atoms with E-state index in [-0.39, 0.29) is 30.5 Å². The topological polar surface area (TPSA) is 80.2 Å². The van der Waals surface area contributed by atoms with E-state index >= 15 is 0 Å². The van der Waals surface area contributed by atoms with Crippen LogP contribution in [0.1, 0.15) is 33.3 Å². The van der Waals surface area contributed by atoms with Gasteiger partial charge in [0.05, 0.1) is 12.0 Å². The van der Waals surface area contributed by atoms with Crippen LogP contribution in [0.4, 0.5) is 5.69 Å². The highest BCUT2D eigenvalue weighted by Gasteiger charge is 2.35. The van der Waals surface area contributed by atoms with E-state index in [2.05, 4.69) is 10.3 Å². The van der Waals surface area contributed by atoms with E-state index in [1.165, 1.54) is 18.9 Å². The van der Waals surface area contributed by atoms with E-state index in [9.17, 15) is 9.59 Å². The minimum atomic E-state index is -0.297. The summed E-state index contributed by atoms with van der Waals surface area (Å²) in [6.07, 6.45) is 1.76. The molecule has 1 aliphatic heterocycles. The van der Waals surface area contributed by atoms with Gasteiger partial charge in [-0.25, -0.2) is 0 Å². The van der Waals surface area contributed by atoms with E-state index in [1.54, 1.807) is 29.2 Å². The molecule has 7 nitrogen and oxygen atoms in total. The lowest BCUT2D eigenvalue weighted by Crippen LogP contribution is -2.35. The summed E-state index contributed by atoms with van der Waals surface area (Å²) in [5.41, 5.74) is 1.33. The van der Waals surface area contributed by atoms with Crippen molar-refractivity contribution in [3.8, 4) is 11.5 Å². The summed E-state index contributed by atoms with van der Waals surface area (Å²) in [4.78, 5) is 32.3. The zero-order valence-corrected chi connectivity index (χ0v) is 20.3. The Labute approximate surface area is 198 Å². The predicted molar refractivity (Wildman–Crippen MR) is 134 cm³/mol. The van der Waals surface area contributed by atoms with E-state index in [4.69, 9.17) is 9.47 Å². The number of anilines is 1. The molecule has 3 rings (SSSR count). The molecule has 0 aromatic heterocycles. The van der Waals surface area contributed by atoms with Crippen LogP contribution in [0, 0.1) is 0 Å². The third-order valence-corrected chi connectivity index (χ3v) is 5.64. The van der Waals surface area contributed by atoms with Crippen LogP contribution >= 0.6 is 11.8 Å². The molecule has 0 atom stereocenters. The van der Waals surface area contributed by atoms with E-state index < -0.39 is 0 Å². The highest BCUT2D eigenvalue weighted by Crippen LogP contribution is 2.38. The molecule has 0 unspecified atom stereocenters. The van der Waals surface area contributed by atoms with Crippen molar-refractivity contribution in [1.82, 2.24) is 4.90 Å². The number of amides is 2. The molecule has 2 amide bonds. The van der Waals surface area contributed by atoms with Gasteiger partial charge in [-0.15, -0.1) is 0 Å². The van der Waals surface area contributed by atoms with Crippen molar-refractivity contribution < 1.29 is 19.1 Å². The maximum Gasteiger partial charge on any atom is 0.266 e. The number of amidine groups is 1. The van der Waals surface area contributed by atoms with Gasteiger partial charge in [0, 0.05) is 23.3 Å². The molecule has 1 heterocycles. The summed E-state index contributed by atoms with van der Waals surface area (Å²) < 4.78 is 11.3. The number of carbonyl (C=O) groups excluding carboxylic acids is 2. The maximum atomic E-state index is 13.1. The highest BCUT2D eigenvalue weighted by molar-refractivity contribution is 8.18. The van der Waals surface area contributed by atoms with Crippen molar-refractivity contribution in [2.24, 2.45) is 4.99 Å². The van der Waals surface area contributed by atoms with Crippen molar-refractivity contribution in [1.29, 1.82) is 0 Å². The van der Waals surface area contributed by atoms with Gasteiger partial charge < -0.3 is 14.8 Å². The first-order chi connectivity index (χ1) is 15.8. The number of benzene rings is 2. The van der Waals surface area contributed by atoms with Gasteiger partial charge in [-0.3, -0.25) is 19.5 Å². The number of carbonyl (C=O) groups is 2. The quantitative estimate of drug-likeness (QED) is 0.564. The number of hydrogen-bond acceptors (Lipinski definition) is 6. The van der Waals surface area contributed by atoms with E-state index in [0.29, 0.717) is 32.8 Å². The Morgan fingerprint density at radius 3 is 2.48 bits per heavy atom. The molecule has 8 heteroatoms. The fraction of sp³-hybridized carbons (Fsp3) is 0.320. The first-order valence-corrected chi connectivity index (χ1v) is 11.6. The van der Waals surface area contributed by atoms with Gasteiger partial charge >= 0.3 is 0 Å². The third-order valence-electron chi connectivity index (χ3n) is 4.64. The Kier molecular flexibility index (Phi) is 8.16. The molecular weight excluding hydrogens is 438 g/mol. The average Bonchev–Trinajstić information content (AvgIpc) is 3.07. The number of para-hydroxylation sites is 2. The standard InChI is InChI=1S/C25H29N3O4S/c1-16(2)26-25-28(17(3)4)24(30)21(33-25)14-18-10-9-13-20(31-5)23(18)32-15-22(29)27-19-11-7-6-8-12-19/h6-14,16-17H,15H2,1-5H3,(H,27,29)/b21-14+,26-25?. The molecule has 1 fully saturated rings. The third kappa shape index (κ3) is 6.16. The Morgan fingerprint density at radius 1 is 1.12 bits per heavy atom. The van der Waals surface area contributed by atoms with Gasteiger partial charge in [-0.1, -0.05) is 30.3 Å². The number of nitrogens with one attached hydrogen (secondary N) is 1. The summed E-state index contributed by atoms with van der Waals surface area (Å²) in [6.45, 7) is 7.68. The average molecular weight is 468 g/mol. The lowest BCUT2D eigenvalue weighted by molar-refractivity contribution is -0.123. The first kappa shape index (κ1) is 24.4. The molecule has 0 radical (unpaired) electrons. The minimum absolute atomic E-state index is 0.0175. The molecule has 0 bridgehead atoms. The van der Waals surface area contributed by atoms with Gasteiger partial charge in [-0.05, 0) is 63.7 Å². The molecule has 174 valence electrons. The molecule has 0 aliphatic carbocycles. The molecule has 1 N–H and O–H groups in total. The van der Waals surface area contributed by atoms with Crippen molar-refractivity contribution in [2.45, 2.75) is 39.8 Å². The maximum absolute atomic E-state index is 13.1. The molecule has 33 heavy (non-hydrogen) atoms. The zero-order valence-electron chi connectivity index (χ0n) is 19.5. The largest absolute Gasteiger partial charge is 0.493 e. The second-order valence-electron chi connectivity index (χ2n) is 7.97. The summed E-state index contributed by atoms with van der Waals surface area (Å²) in [7, 11) is 1.53. The second kappa shape index (κ2) is 11.0. The molecular formula is C25H29N3O4S. The van der Waals surface area contributed by atoms with Crippen LogP contribution in [-0.2, 0) is 9.59 Å². The predicted octanol–water partition coefficient (Wildman–Crippen LogP) is 4.80. The van der Waals surface area contributed by atoms with Crippen molar-refractivity contribution >= 4 is 40.5 Å². The van der Waals surface area contributed by atoms with Gasteiger partial charge in [0.1, 0.15) is 0 Å². The molecule has 2 aromatic carbocycles. The smallest absolute Gasteiger partial charge is 0.266 e. The molecule has 2 aromatic rings. The lowest BCUT2D eigenvalue weighted by atomic mass is 10.1. The number of thioether (sulfide) groups is 1. The van der Waals surface area contributed by atoms with Gasteiger partial charge in [-0.2, -0.15) is 0 Å². The van der Waals surface area contributed by atoms with Crippen LogP contribution in [-0.4, -0.2) is 47.7 Å². The van der Waals surface area contributed by atoms with Crippen molar-refractivity contribution in [3.05, 3.63) is 59.0 Å². The summed E-state index contributed by atoms with van der Waals surface area (Å²) >= 11 is 1.34. The fourth-order valence-electron chi connectivity index (χ4n) is 3.21. The normalized spacial score (nSPS) is 16.2. The first-order valence-electron chi connectivity index (χ1n) is 10.8. The van der Waals surface area contributed by atoms with Crippen LogP contribution in [0.25, 0.3) is 6.08 Å².